The molecule has 1 atom stereocenters. The average molecular weight is 218 g/mol. The van der Waals surface area contributed by atoms with E-state index in [0.717, 1.165) is 30.4 Å². The summed E-state index contributed by atoms with van der Waals surface area (Å²) >= 11 is 0. The van der Waals surface area contributed by atoms with Crippen molar-refractivity contribution in [1.82, 2.24) is 5.32 Å². The fraction of sp³-hybridized carbons (Fsp3) is 0.417. The van der Waals surface area contributed by atoms with Crippen LogP contribution in [0.15, 0.2) is 23.2 Å². The summed E-state index contributed by atoms with van der Waals surface area (Å²) in [6.07, 6.45) is -0.0855. The lowest BCUT2D eigenvalue weighted by Gasteiger charge is -2.26. The highest BCUT2D eigenvalue weighted by atomic mass is 16.6. The van der Waals surface area contributed by atoms with Gasteiger partial charge in [0, 0.05) is 6.54 Å². The van der Waals surface area contributed by atoms with Gasteiger partial charge in [-0.2, -0.15) is 0 Å². The maximum absolute atomic E-state index is 5.85. The highest BCUT2D eigenvalue weighted by Crippen LogP contribution is 2.32. The molecule has 0 amide bonds. The molecule has 0 aliphatic carbocycles. The number of aryl methyl sites for hydroxylation is 1. The van der Waals surface area contributed by atoms with Crippen molar-refractivity contribution < 1.29 is 9.47 Å². The molecule has 84 valence electrons. The number of aliphatic imine (C=N–C) groups is 1. The molecule has 1 aromatic rings. The second kappa shape index (κ2) is 3.70. The lowest BCUT2D eigenvalue weighted by atomic mass is 10.2. The third kappa shape index (κ3) is 1.60. The molecule has 0 fully saturated rings. The summed E-state index contributed by atoms with van der Waals surface area (Å²) in [5, 5.41) is 3.21. The molecule has 0 bridgehead atoms. The Morgan fingerprint density at radius 3 is 3.12 bits per heavy atom. The molecule has 2 heterocycles. The third-order valence-electron chi connectivity index (χ3n) is 2.76. The SMILES string of the molecule is Cc1ccc2c(c1)OCC(C1=NCCN1)O2. The van der Waals surface area contributed by atoms with E-state index in [1.165, 1.54) is 5.56 Å². The first-order valence-electron chi connectivity index (χ1n) is 5.51. The Balaban J connectivity index is 1.83. The third-order valence-corrected chi connectivity index (χ3v) is 2.76. The van der Waals surface area contributed by atoms with Gasteiger partial charge in [0.1, 0.15) is 12.4 Å². The van der Waals surface area contributed by atoms with E-state index in [2.05, 4.69) is 10.3 Å². The van der Waals surface area contributed by atoms with Crippen LogP contribution in [0.2, 0.25) is 0 Å². The molecular formula is C12H14N2O2. The summed E-state index contributed by atoms with van der Waals surface area (Å²) < 4.78 is 11.5. The van der Waals surface area contributed by atoms with Gasteiger partial charge in [0.05, 0.1) is 6.54 Å². The first-order chi connectivity index (χ1) is 7.83. The van der Waals surface area contributed by atoms with Crippen LogP contribution in [-0.2, 0) is 0 Å². The van der Waals surface area contributed by atoms with Crippen LogP contribution in [0.3, 0.4) is 0 Å². The molecule has 2 aliphatic rings. The van der Waals surface area contributed by atoms with Gasteiger partial charge in [-0.05, 0) is 24.6 Å². The number of nitrogens with zero attached hydrogens (tertiary/aromatic N) is 1. The van der Waals surface area contributed by atoms with E-state index in [0.29, 0.717) is 6.61 Å². The van der Waals surface area contributed by atoms with E-state index in [1.807, 2.05) is 25.1 Å². The molecule has 0 radical (unpaired) electrons. The van der Waals surface area contributed by atoms with E-state index in [1.54, 1.807) is 0 Å². The molecule has 1 unspecified atom stereocenters. The minimum Gasteiger partial charge on any atom is -0.485 e. The number of hydrogen-bond acceptors (Lipinski definition) is 4. The number of benzene rings is 1. The van der Waals surface area contributed by atoms with Crippen LogP contribution < -0.4 is 14.8 Å². The van der Waals surface area contributed by atoms with Crippen LogP contribution in [-0.4, -0.2) is 31.6 Å². The normalized spacial score (nSPS) is 22.6. The molecule has 0 saturated heterocycles. The minimum atomic E-state index is -0.0855. The Hall–Kier alpha value is -1.71. The zero-order valence-corrected chi connectivity index (χ0v) is 9.19. The van der Waals surface area contributed by atoms with Crippen molar-refractivity contribution in [3.63, 3.8) is 0 Å². The predicted octanol–water partition coefficient (Wildman–Crippen LogP) is 1.14. The van der Waals surface area contributed by atoms with Crippen molar-refractivity contribution in [1.29, 1.82) is 0 Å². The van der Waals surface area contributed by atoms with Gasteiger partial charge in [-0.25, -0.2) is 0 Å². The van der Waals surface area contributed by atoms with Gasteiger partial charge >= 0.3 is 0 Å². The number of ether oxygens (including phenoxy) is 2. The molecule has 16 heavy (non-hydrogen) atoms. The molecule has 0 aromatic heterocycles. The maximum atomic E-state index is 5.85. The molecule has 3 rings (SSSR count). The summed E-state index contributed by atoms with van der Waals surface area (Å²) in [6, 6.07) is 5.97. The maximum Gasteiger partial charge on any atom is 0.189 e. The first kappa shape index (κ1) is 9.51. The van der Waals surface area contributed by atoms with E-state index < -0.39 is 0 Å². The van der Waals surface area contributed by atoms with Gasteiger partial charge in [0.2, 0.25) is 0 Å². The Morgan fingerprint density at radius 2 is 2.31 bits per heavy atom. The summed E-state index contributed by atoms with van der Waals surface area (Å²) in [5.41, 5.74) is 1.18. The summed E-state index contributed by atoms with van der Waals surface area (Å²) in [6.45, 7) is 4.30. The Bertz CT molecular complexity index is 443. The molecule has 2 aliphatic heterocycles. The van der Waals surface area contributed by atoms with Crippen molar-refractivity contribution in [2.45, 2.75) is 13.0 Å². The number of rotatable bonds is 1. The van der Waals surface area contributed by atoms with Crippen LogP contribution in [0.1, 0.15) is 5.56 Å². The summed E-state index contributed by atoms with van der Waals surface area (Å²) in [5.74, 6) is 2.54. The van der Waals surface area contributed by atoms with E-state index >= 15 is 0 Å². The summed E-state index contributed by atoms with van der Waals surface area (Å²) in [4.78, 5) is 4.35. The molecular weight excluding hydrogens is 204 g/mol. The largest absolute Gasteiger partial charge is 0.485 e. The fourth-order valence-corrected chi connectivity index (χ4v) is 1.94. The molecule has 0 spiro atoms. The molecule has 1 N–H and O–H groups in total. The predicted molar refractivity (Wildman–Crippen MR) is 61.4 cm³/mol. The fourth-order valence-electron chi connectivity index (χ4n) is 1.94. The van der Waals surface area contributed by atoms with Crippen molar-refractivity contribution in [3.8, 4) is 11.5 Å². The second-order valence-corrected chi connectivity index (χ2v) is 4.06. The van der Waals surface area contributed by atoms with Crippen LogP contribution in [0, 0.1) is 6.92 Å². The number of nitrogens with one attached hydrogen (secondary N) is 1. The van der Waals surface area contributed by atoms with Gasteiger partial charge in [0.25, 0.3) is 0 Å². The van der Waals surface area contributed by atoms with Crippen LogP contribution in [0.25, 0.3) is 0 Å². The molecule has 0 saturated carbocycles. The second-order valence-electron chi connectivity index (χ2n) is 4.06. The van der Waals surface area contributed by atoms with Crippen molar-refractivity contribution in [2.75, 3.05) is 19.7 Å². The Labute approximate surface area is 94.3 Å². The number of amidine groups is 1. The Morgan fingerprint density at radius 1 is 1.38 bits per heavy atom. The number of fused-ring (bicyclic) bond motifs is 1. The molecule has 4 heteroatoms. The highest BCUT2D eigenvalue weighted by molar-refractivity contribution is 5.88. The lowest BCUT2D eigenvalue weighted by Crippen LogP contribution is -2.42. The summed E-state index contributed by atoms with van der Waals surface area (Å²) in [7, 11) is 0. The van der Waals surface area contributed by atoms with Gasteiger partial charge < -0.3 is 14.8 Å². The Kier molecular flexibility index (Phi) is 2.20. The van der Waals surface area contributed by atoms with Crippen LogP contribution in [0.4, 0.5) is 0 Å². The van der Waals surface area contributed by atoms with Gasteiger partial charge in [-0.15, -0.1) is 0 Å². The topological polar surface area (TPSA) is 42.8 Å². The van der Waals surface area contributed by atoms with Crippen molar-refractivity contribution in [2.24, 2.45) is 4.99 Å². The first-order valence-corrected chi connectivity index (χ1v) is 5.51. The standard InChI is InChI=1S/C12H14N2O2/c1-8-2-3-9-10(6-8)15-7-11(16-9)12-13-4-5-14-12/h2-3,6,11H,4-5,7H2,1H3,(H,13,14). The van der Waals surface area contributed by atoms with Gasteiger partial charge in [0.15, 0.2) is 17.6 Å². The zero-order chi connectivity index (χ0) is 11.0. The van der Waals surface area contributed by atoms with Gasteiger partial charge in [-0.1, -0.05) is 6.07 Å². The molecule has 4 nitrogen and oxygen atoms in total. The van der Waals surface area contributed by atoms with Gasteiger partial charge in [-0.3, -0.25) is 4.99 Å². The monoisotopic (exact) mass is 218 g/mol. The lowest BCUT2D eigenvalue weighted by molar-refractivity contribution is 0.133. The van der Waals surface area contributed by atoms with E-state index in [9.17, 15) is 0 Å². The quantitative estimate of drug-likeness (QED) is 0.768. The number of hydrogen-bond donors (Lipinski definition) is 1. The van der Waals surface area contributed by atoms with E-state index in [-0.39, 0.29) is 6.10 Å². The highest BCUT2D eigenvalue weighted by Gasteiger charge is 2.26. The molecule has 1 aromatic carbocycles. The van der Waals surface area contributed by atoms with Crippen molar-refractivity contribution in [3.05, 3.63) is 23.8 Å². The zero-order valence-electron chi connectivity index (χ0n) is 9.19. The minimum absolute atomic E-state index is 0.0855. The van der Waals surface area contributed by atoms with Crippen molar-refractivity contribution >= 4 is 5.84 Å². The van der Waals surface area contributed by atoms with Crippen LogP contribution in [0.5, 0.6) is 11.5 Å². The smallest absolute Gasteiger partial charge is 0.189 e. The van der Waals surface area contributed by atoms with E-state index in [4.69, 9.17) is 9.47 Å². The average Bonchev–Trinajstić information content (AvgIpc) is 2.82. The van der Waals surface area contributed by atoms with Crippen LogP contribution >= 0.6 is 0 Å².